The van der Waals surface area contributed by atoms with Crippen molar-refractivity contribution >= 4 is 5.91 Å². The lowest BCUT2D eigenvalue weighted by Crippen LogP contribution is -2.27. The molecule has 5 heteroatoms. The molecule has 0 atom stereocenters. The average Bonchev–Trinajstić information content (AvgIpc) is 2.61. The largest absolute Gasteiger partial charge is 0.496 e. The molecule has 0 aliphatic carbocycles. The lowest BCUT2D eigenvalue weighted by atomic mass is 10.1. The van der Waals surface area contributed by atoms with Crippen LogP contribution in [0.2, 0.25) is 0 Å². The van der Waals surface area contributed by atoms with E-state index in [1.165, 1.54) is 14.2 Å². The zero-order valence-electron chi connectivity index (χ0n) is 14.8. The molecule has 2 aromatic carbocycles. The molecule has 5 nitrogen and oxygen atoms in total. The van der Waals surface area contributed by atoms with Gasteiger partial charge in [-0.25, -0.2) is 0 Å². The third-order valence-corrected chi connectivity index (χ3v) is 3.95. The van der Waals surface area contributed by atoms with Crippen molar-refractivity contribution in [2.75, 3.05) is 28.4 Å². The molecule has 0 aromatic heterocycles. The van der Waals surface area contributed by atoms with Crippen LogP contribution >= 0.6 is 0 Å². The highest BCUT2D eigenvalue weighted by atomic mass is 16.5. The van der Waals surface area contributed by atoms with E-state index in [-0.39, 0.29) is 5.91 Å². The zero-order chi connectivity index (χ0) is 17.7. The van der Waals surface area contributed by atoms with E-state index < -0.39 is 0 Å². The van der Waals surface area contributed by atoms with Gasteiger partial charge in [0.15, 0.2) is 11.5 Å². The minimum atomic E-state index is -0.143. The second-order valence-electron chi connectivity index (χ2n) is 5.50. The molecule has 2 rings (SSSR count). The quantitative estimate of drug-likeness (QED) is 0.816. The number of methoxy groups -OCH3 is 3. The molecule has 128 valence electrons. The van der Waals surface area contributed by atoms with Gasteiger partial charge in [0.05, 0.1) is 26.9 Å². The summed E-state index contributed by atoms with van der Waals surface area (Å²) in [6.07, 6.45) is 0. The van der Waals surface area contributed by atoms with E-state index in [0.29, 0.717) is 29.4 Å². The summed E-state index contributed by atoms with van der Waals surface area (Å²) in [6.45, 7) is 2.55. The van der Waals surface area contributed by atoms with Crippen molar-refractivity contribution in [3.8, 4) is 17.2 Å². The molecule has 0 fully saturated rings. The third-order valence-electron chi connectivity index (χ3n) is 3.95. The maximum Gasteiger partial charge on any atom is 0.257 e. The summed E-state index contributed by atoms with van der Waals surface area (Å²) in [5.41, 5.74) is 2.69. The van der Waals surface area contributed by atoms with Crippen molar-refractivity contribution in [3.63, 3.8) is 0 Å². The van der Waals surface area contributed by atoms with Gasteiger partial charge in [0.2, 0.25) is 0 Å². The molecule has 0 aliphatic rings. The van der Waals surface area contributed by atoms with E-state index in [1.54, 1.807) is 31.2 Å². The number of benzene rings is 2. The first kappa shape index (κ1) is 17.7. The number of hydrogen-bond acceptors (Lipinski definition) is 4. The summed E-state index contributed by atoms with van der Waals surface area (Å²) in [5.74, 6) is 1.32. The molecule has 0 bridgehead atoms. The Morgan fingerprint density at radius 3 is 2.12 bits per heavy atom. The van der Waals surface area contributed by atoms with E-state index in [1.807, 2.05) is 31.2 Å². The summed E-state index contributed by atoms with van der Waals surface area (Å²) in [7, 11) is 6.38. The lowest BCUT2D eigenvalue weighted by Gasteiger charge is -2.21. The second-order valence-corrected chi connectivity index (χ2v) is 5.50. The monoisotopic (exact) mass is 329 g/mol. The van der Waals surface area contributed by atoms with Crippen molar-refractivity contribution < 1.29 is 19.0 Å². The van der Waals surface area contributed by atoms with Crippen LogP contribution < -0.4 is 14.2 Å². The average molecular weight is 329 g/mol. The molecule has 0 aliphatic heterocycles. The molecular weight excluding hydrogens is 306 g/mol. The predicted molar refractivity (Wildman–Crippen MR) is 93.1 cm³/mol. The van der Waals surface area contributed by atoms with Crippen LogP contribution in [0.1, 0.15) is 21.5 Å². The van der Waals surface area contributed by atoms with E-state index in [2.05, 4.69) is 0 Å². The number of hydrogen-bond donors (Lipinski definition) is 0. The first-order valence-electron chi connectivity index (χ1n) is 7.61. The molecule has 0 unspecified atom stereocenters. The van der Waals surface area contributed by atoms with Crippen LogP contribution in [-0.4, -0.2) is 39.2 Å². The fourth-order valence-electron chi connectivity index (χ4n) is 2.52. The van der Waals surface area contributed by atoms with Crippen molar-refractivity contribution in [2.45, 2.75) is 13.5 Å². The number of carbonyl (C=O) groups excluding carboxylic acids is 1. The lowest BCUT2D eigenvalue weighted by molar-refractivity contribution is 0.0781. The standard InChI is InChI=1S/C19H23NO4/c1-13-8-6-7-9-14(13)12-20(2)19(21)15-10-17(23-4)18(24-5)11-16(15)22-3/h6-11H,12H2,1-5H3. The van der Waals surface area contributed by atoms with E-state index >= 15 is 0 Å². The van der Waals surface area contributed by atoms with Gasteiger partial charge in [-0.2, -0.15) is 0 Å². The Hall–Kier alpha value is -2.69. The van der Waals surface area contributed by atoms with Crippen LogP contribution in [0.25, 0.3) is 0 Å². The molecule has 0 saturated carbocycles. The summed E-state index contributed by atoms with van der Waals surface area (Å²) >= 11 is 0. The van der Waals surface area contributed by atoms with Crippen LogP contribution in [0.15, 0.2) is 36.4 Å². The Morgan fingerprint density at radius 1 is 0.958 bits per heavy atom. The van der Waals surface area contributed by atoms with Gasteiger partial charge in [-0.3, -0.25) is 4.79 Å². The SMILES string of the molecule is COc1cc(OC)c(C(=O)N(C)Cc2ccccc2C)cc1OC. The molecule has 0 spiro atoms. The Kier molecular flexibility index (Phi) is 5.68. The van der Waals surface area contributed by atoms with Gasteiger partial charge in [-0.05, 0) is 18.1 Å². The summed E-state index contributed by atoms with van der Waals surface area (Å²) in [4.78, 5) is 14.5. The molecule has 0 N–H and O–H groups in total. The molecular formula is C19H23NO4. The highest BCUT2D eigenvalue weighted by Gasteiger charge is 2.21. The highest BCUT2D eigenvalue weighted by molar-refractivity contribution is 5.97. The van der Waals surface area contributed by atoms with E-state index in [0.717, 1.165) is 11.1 Å². The van der Waals surface area contributed by atoms with Crippen LogP contribution in [-0.2, 0) is 6.54 Å². The first-order valence-corrected chi connectivity index (χ1v) is 7.61. The van der Waals surface area contributed by atoms with Crippen LogP contribution in [0.5, 0.6) is 17.2 Å². The fraction of sp³-hybridized carbons (Fsp3) is 0.316. The minimum absolute atomic E-state index is 0.143. The van der Waals surface area contributed by atoms with E-state index in [9.17, 15) is 4.79 Å². The number of nitrogens with zero attached hydrogens (tertiary/aromatic N) is 1. The number of rotatable bonds is 6. The Morgan fingerprint density at radius 2 is 1.54 bits per heavy atom. The van der Waals surface area contributed by atoms with Crippen molar-refractivity contribution in [2.24, 2.45) is 0 Å². The predicted octanol–water partition coefficient (Wildman–Crippen LogP) is 3.29. The Labute approximate surface area is 142 Å². The van der Waals surface area contributed by atoms with Gasteiger partial charge >= 0.3 is 0 Å². The van der Waals surface area contributed by atoms with Gasteiger partial charge in [-0.15, -0.1) is 0 Å². The van der Waals surface area contributed by atoms with Crippen molar-refractivity contribution in [1.29, 1.82) is 0 Å². The molecule has 1 amide bonds. The Bertz CT molecular complexity index is 727. The smallest absolute Gasteiger partial charge is 0.257 e. The molecule has 2 aromatic rings. The van der Waals surface area contributed by atoms with Crippen molar-refractivity contribution in [3.05, 3.63) is 53.1 Å². The third kappa shape index (κ3) is 3.62. The summed E-state index contributed by atoms with van der Waals surface area (Å²) in [6, 6.07) is 11.3. The minimum Gasteiger partial charge on any atom is -0.496 e. The van der Waals surface area contributed by atoms with Crippen LogP contribution in [0, 0.1) is 6.92 Å². The van der Waals surface area contributed by atoms with Gasteiger partial charge in [-0.1, -0.05) is 24.3 Å². The van der Waals surface area contributed by atoms with Crippen LogP contribution in [0.4, 0.5) is 0 Å². The summed E-state index contributed by atoms with van der Waals surface area (Å²) in [5, 5.41) is 0. The maximum atomic E-state index is 12.9. The fourth-order valence-corrected chi connectivity index (χ4v) is 2.52. The van der Waals surface area contributed by atoms with Gasteiger partial charge in [0.1, 0.15) is 5.75 Å². The molecule has 0 radical (unpaired) electrons. The molecule has 0 saturated heterocycles. The second kappa shape index (κ2) is 7.73. The van der Waals surface area contributed by atoms with Gasteiger partial charge in [0.25, 0.3) is 5.91 Å². The molecule has 24 heavy (non-hydrogen) atoms. The van der Waals surface area contributed by atoms with E-state index in [4.69, 9.17) is 14.2 Å². The number of aryl methyl sites for hydroxylation is 1. The van der Waals surface area contributed by atoms with Crippen molar-refractivity contribution in [1.82, 2.24) is 4.90 Å². The maximum absolute atomic E-state index is 12.9. The Balaban J connectivity index is 2.32. The normalized spacial score (nSPS) is 10.2. The summed E-state index contributed by atoms with van der Waals surface area (Å²) < 4.78 is 15.9. The number of ether oxygens (including phenoxy) is 3. The molecule has 0 heterocycles. The highest BCUT2D eigenvalue weighted by Crippen LogP contribution is 2.35. The first-order chi connectivity index (χ1) is 11.5. The van der Waals surface area contributed by atoms with Gasteiger partial charge < -0.3 is 19.1 Å². The number of amides is 1. The topological polar surface area (TPSA) is 48.0 Å². The zero-order valence-corrected chi connectivity index (χ0v) is 14.8. The number of carbonyl (C=O) groups is 1. The van der Waals surface area contributed by atoms with Gasteiger partial charge in [0, 0.05) is 25.7 Å². The van der Waals surface area contributed by atoms with Crippen LogP contribution in [0.3, 0.4) is 0 Å².